The molecule has 0 spiro atoms. The van der Waals surface area contributed by atoms with Gasteiger partial charge in [-0.2, -0.15) is 0 Å². The Bertz CT molecular complexity index is 244. The first kappa shape index (κ1) is 11.8. The molecule has 1 atom stereocenters. The van der Waals surface area contributed by atoms with Crippen LogP contribution >= 0.6 is 0 Å². The van der Waals surface area contributed by atoms with E-state index < -0.39 is 6.03 Å². The Morgan fingerprint density at radius 1 is 1.40 bits per heavy atom. The standard InChI is InChI=1S/C9H18N4O2/c10-5-8(14)13-4-2-1-3-7(13)6-12-9(11)15/h7H,1-6,10H2,(H3,11,12,15). The van der Waals surface area contributed by atoms with Crippen molar-refractivity contribution >= 4 is 11.9 Å². The van der Waals surface area contributed by atoms with E-state index in [4.69, 9.17) is 11.5 Å². The lowest BCUT2D eigenvalue weighted by molar-refractivity contribution is -0.133. The molecule has 1 aliphatic heterocycles. The largest absolute Gasteiger partial charge is 0.352 e. The van der Waals surface area contributed by atoms with Crippen molar-refractivity contribution in [3.05, 3.63) is 0 Å². The summed E-state index contributed by atoms with van der Waals surface area (Å²) in [6.07, 6.45) is 2.96. The molecule has 0 aromatic rings. The molecule has 1 unspecified atom stereocenters. The second kappa shape index (κ2) is 5.55. The lowest BCUT2D eigenvalue weighted by atomic mass is 10.0. The highest BCUT2D eigenvalue weighted by atomic mass is 16.2. The van der Waals surface area contributed by atoms with Crippen molar-refractivity contribution in [2.45, 2.75) is 25.3 Å². The van der Waals surface area contributed by atoms with Gasteiger partial charge in [-0.05, 0) is 19.3 Å². The van der Waals surface area contributed by atoms with Crippen LogP contribution in [0.5, 0.6) is 0 Å². The van der Waals surface area contributed by atoms with Gasteiger partial charge in [0.15, 0.2) is 0 Å². The minimum atomic E-state index is -0.555. The average Bonchev–Trinajstić information content (AvgIpc) is 2.25. The Morgan fingerprint density at radius 3 is 2.73 bits per heavy atom. The van der Waals surface area contributed by atoms with Crippen molar-refractivity contribution in [1.29, 1.82) is 0 Å². The fraction of sp³-hybridized carbons (Fsp3) is 0.778. The van der Waals surface area contributed by atoms with Crippen LogP contribution in [0.3, 0.4) is 0 Å². The molecular weight excluding hydrogens is 196 g/mol. The zero-order valence-corrected chi connectivity index (χ0v) is 8.74. The van der Waals surface area contributed by atoms with Crippen LogP contribution < -0.4 is 16.8 Å². The lowest BCUT2D eigenvalue weighted by Gasteiger charge is -2.35. The van der Waals surface area contributed by atoms with Crippen LogP contribution in [0.2, 0.25) is 0 Å². The van der Waals surface area contributed by atoms with E-state index in [1.165, 1.54) is 0 Å². The maximum absolute atomic E-state index is 11.5. The van der Waals surface area contributed by atoms with E-state index in [1.54, 1.807) is 4.90 Å². The molecule has 0 aromatic heterocycles. The molecule has 6 nitrogen and oxygen atoms in total. The minimum absolute atomic E-state index is 0.0209. The molecule has 1 heterocycles. The summed E-state index contributed by atoms with van der Waals surface area (Å²) >= 11 is 0. The Labute approximate surface area is 89.0 Å². The molecule has 1 rings (SSSR count). The number of urea groups is 1. The molecule has 6 heteroatoms. The second-order valence-corrected chi connectivity index (χ2v) is 3.69. The zero-order valence-electron chi connectivity index (χ0n) is 8.74. The van der Waals surface area contributed by atoms with Gasteiger partial charge >= 0.3 is 6.03 Å². The van der Waals surface area contributed by atoms with Crippen LogP contribution in [-0.2, 0) is 4.79 Å². The number of amides is 3. The predicted octanol–water partition coefficient (Wildman–Crippen LogP) is -1.01. The Hall–Kier alpha value is -1.30. The van der Waals surface area contributed by atoms with Gasteiger partial charge in [-0.25, -0.2) is 4.79 Å². The molecular formula is C9H18N4O2. The molecule has 0 aromatic carbocycles. The van der Waals surface area contributed by atoms with E-state index >= 15 is 0 Å². The van der Waals surface area contributed by atoms with Crippen LogP contribution in [-0.4, -0.2) is 42.5 Å². The van der Waals surface area contributed by atoms with Crippen molar-refractivity contribution in [3.8, 4) is 0 Å². The normalized spacial score (nSPS) is 21.1. The molecule has 86 valence electrons. The predicted molar refractivity (Wildman–Crippen MR) is 56.0 cm³/mol. The molecule has 0 saturated carbocycles. The molecule has 1 saturated heterocycles. The number of likely N-dealkylation sites (tertiary alicyclic amines) is 1. The first-order valence-electron chi connectivity index (χ1n) is 5.18. The number of rotatable bonds is 3. The molecule has 5 N–H and O–H groups in total. The first-order chi connectivity index (χ1) is 7.15. The molecule has 1 aliphatic rings. The van der Waals surface area contributed by atoms with Gasteiger partial charge in [0.1, 0.15) is 0 Å². The second-order valence-electron chi connectivity index (χ2n) is 3.69. The van der Waals surface area contributed by atoms with Gasteiger partial charge in [-0.15, -0.1) is 0 Å². The smallest absolute Gasteiger partial charge is 0.312 e. The summed E-state index contributed by atoms with van der Waals surface area (Å²) in [6.45, 7) is 1.16. The monoisotopic (exact) mass is 214 g/mol. The van der Waals surface area contributed by atoms with Crippen LogP contribution in [0.1, 0.15) is 19.3 Å². The van der Waals surface area contributed by atoms with E-state index in [0.717, 1.165) is 25.8 Å². The number of carbonyl (C=O) groups is 2. The summed E-state index contributed by atoms with van der Waals surface area (Å²) in [5.41, 5.74) is 10.3. The first-order valence-corrected chi connectivity index (χ1v) is 5.18. The minimum Gasteiger partial charge on any atom is -0.352 e. The van der Waals surface area contributed by atoms with Crippen LogP contribution in [0, 0.1) is 0 Å². The van der Waals surface area contributed by atoms with Gasteiger partial charge in [0.25, 0.3) is 0 Å². The molecule has 3 amide bonds. The van der Waals surface area contributed by atoms with E-state index in [0.29, 0.717) is 6.54 Å². The highest BCUT2D eigenvalue weighted by Crippen LogP contribution is 2.16. The maximum atomic E-state index is 11.5. The average molecular weight is 214 g/mol. The fourth-order valence-corrected chi connectivity index (χ4v) is 1.88. The van der Waals surface area contributed by atoms with Gasteiger partial charge < -0.3 is 21.7 Å². The Kier molecular flexibility index (Phi) is 4.36. The summed E-state index contributed by atoms with van der Waals surface area (Å²) < 4.78 is 0. The van der Waals surface area contributed by atoms with Gasteiger partial charge in [0.2, 0.25) is 5.91 Å². The Morgan fingerprint density at radius 2 is 2.13 bits per heavy atom. The van der Waals surface area contributed by atoms with Crippen molar-refractivity contribution in [2.24, 2.45) is 11.5 Å². The zero-order chi connectivity index (χ0) is 11.3. The summed E-state index contributed by atoms with van der Waals surface area (Å²) in [4.78, 5) is 23.8. The van der Waals surface area contributed by atoms with E-state index in [1.807, 2.05) is 0 Å². The third-order valence-corrected chi connectivity index (χ3v) is 2.63. The number of carbonyl (C=O) groups excluding carboxylic acids is 2. The van der Waals surface area contributed by atoms with E-state index in [2.05, 4.69) is 5.32 Å². The summed E-state index contributed by atoms with van der Waals surface area (Å²) in [6, 6.07) is -0.511. The van der Waals surface area contributed by atoms with Gasteiger partial charge in [-0.3, -0.25) is 4.79 Å². The van der Waals surface area contributed by atoms with Crippen molar-refractivity contribution in [3.63, 3.8) is 0 Å². The number of hydrogen-bond donors (Lipinski definition) is 3. The highest BCUT2D eigenvalue weighted by molar-refractivity contribution is 5.78. The number of piperidine rings is 1. The van der Waals surface area contributed by atoms with Crippen LogP contribution in [0.15, 0.2) is 0 Å². The number of hydrogen-bond acceptors (Lipinski definition) is 3. The molecule has 0 bridgehead atoms. The topological polar surface area (TPSA) is 101 Å². The SMILES string of the molecule is NCC(=O)N1CCCCC1CNC(N)=O. The summed E-state index contributed by atoms with van der Waals surface area (Å²) in [5.74, 6) is -0.0639. The van der Waals surface area contributed by atoms with Crippen molar-refractivity contribution in [1.82, 2.24) is 10.2 Å². The Balaban J connectivity index is 2.49. The third-order valence-electron chi connectivity index (χ3n) is 2.63. The summed E-state index contributed by atoms with van der Waals surface area (Å²) in [7, 11) is 0. The molecule has 0 aliphatic carbocycles. The van der Waals surface area contributed by atoms with Crippen LogP contribution in [0.4, 0.5) is 4.79 Å². The summed E-state index contributed by atoms with van der Waals surface area (Å²) in [5, 5.41) is 2.53. The maximum Gasteiger partial charge on any atom is 0.312 e. The molecule has 0 radical (unpaired) electrons. The van der Waals surface area contributed by atoms with Crippen LogP contribution in [0.25, 0.3) is 0 Å². The molecule has 1 fully saturated rings. The lowest BCUT2D eigenvalue weighted by Crippen LogP contribution is -2.51. The molecule has 15 heavy (non-hydrogen) atoms. The van der Waals surface area contributed by atoms with Crippen molar-refractivity contribution in [2.75, 3.05) is 19.6 Å². The fourth-order valence-electron chi connectivity index (χ4n) is 1.88. The van der Waals surface area contributed by atoms with Gasteiger partial charge in [0, 0.05) is 19.1 Å². The number of nitrogens with zero attached hydrogens (tertiary/aromatic N) is 1. The number of nitrogens with two attached hydrogens (primary N) is 2. The van der Waals surface area contributed by atoms with E-state index in [9.17, 15) is 9.59 Å². The van der Waals surface area contributed by atoms with Gasteiger partial charge in [0.05, 0.1) is 6.54 Å². The number of nitrogens with one attached hydrogen (secondary N) is 1. The van der Waals surface area contributed by atoms with Crippen molar-refractivity contribution < 1.29 is 9.59 Å². The number of primary amides is 1. The quantitative estimate of drug-likeness (QED) is 0.561. The van der Waals surface area contributed by atoms with E-state index in [-0.39, 0.29) is 18.5 Å². The highest BCUT2D eigenvalue weighted by Gasteiger charge is 2.25. The van der Waals surface area contributed by atoms with Gasteiger partial charge in [-0.1, -0.05) is 0 Å². The third kappa shape index (κ3) is 3.39.